The zero-order valence-electron chi connectivity index (χ0n) is 13.8. The Hall–Kier alpha value is -1.85. The van der Waals surface area contributed by atoms with Crippen LogP contribution in [-0.2, 0) is 6.54 Å². The van der Waals surface area contributed by atoms with Crippen molar-refractivity contribution in [3.63, 3.8) is 0 Å². The molecule has 3 nitrogen and oxygen atoms in total. The predicted octanol–water partition coefficient (Wildman–Crippen LogP) is 6.68. The predicted molar refractivity (Wildman–Crippen MR) is 109 cm³/mol. The Balaban J connectivity index is 1.47. The molecule has 0 amide bonds. The smallest absolute Gasteiger partial charge is 0.127 e. The maximum Gasteiger partial charge on any atom is 0.127 e. The Morgan fingerprint density at radius 3 is 2.62 bits per heavy atom. The highest BCUT2D eigenvalue weighted by atomic mass is 35.5. The van der Waals surface area contributed by atoms with Crippen LogP contribution in [0.2, 0.25) is 10.0 Å². The molecule has 4 rings (SSSR count). The van der Waals surface area contributed by atoms with E-state index in [9.17, 15) is 0 Å². The van der Waals surface area contributed by atoms with Crippen molar-refractivity contribution in [3.05, 3.63) is 82.3 Å². The van der Waals surface area contributed by atoms with Gasteiger partial charge >= 0.3 is 0 Å². The molecule has 1 aliphatic rings. The molecule has 0 radical (unpaired) electrons. The minimum Gasteiger partial charge on any atom is -0.457 e. The summed E-state index contributed by atoms with van der Waals surface area (Å²) in [7, 11) is 0. The molecule has 0 saturated carbocycles. The highest BCUT2D eigenvalue weighted by Gasteiger charge is 2.20. The first-order valence-electron chi connectivity index (χ1n) is 8.15. The van der Waals surface area contributed by atoms with Crippen LogP contribution in [0.5, 0.6) is 11.5 Å². The van der Waals surface area contributed by atoms with Gasteiger partial charge in [0.05, 0.1) is 22.3 Å². The van der Waals surface area contributed by atoms with Gasteiger partial charge in [0.1, 0.15) is 11.5 Å². The van der Waals surface area contributed by atoms with Crippen molar-refractivity contribution in [3.8, 4) is 11.5 Å². The van der Waals surface area contributed by atoms with E-state index in [0.717, 1.165) is 28.6 Å². The van der Waals surface area contributed by atoms with Crippen LogP contribution in [0.25, 0.3) is 0 Å². The topological polar surface area (TPSA) is 24.5 Å². The maximum absolute atomic E-state index is 6.34. The fraction of sp³-hybridized carbons (Fsp3) is 0.100. The molecule has 3 aromatic carbocycles. The summed E-state index contributed by atoms with van der Waals surface area (Å²) in [5.74, 6) is 1.66. The van der Waals surface area contributed by atoms with Crippen molar-refractivity contribution in [1.29, 1.82) is 0 Å². The molecular formula is C20H16Cl2N2OS. The second kappa shape index (κ2) is 7.80. The minimum atomic E-state index is 0.640. The summed E-state index contributed by atoms with van der Waals surface area (Å²) in [5.41, 5.74) is 2.14. The Kier molecular flexibility index (Phi) is 5.27. The Morgan fingerprint density at radius 1 is 0.962 bits per heavy atom. The number of fused-ring (bicyclic) bond motifs is 1. The van der Waals surface area contributed by atoms with Gasteiger partial charge in [-0.25, -0.2) is 4.31 Å². The summed E-state index contributed by atoms with van der Waals surface area (Å²) in [6, 6.07) is 21.6. The molecular weight excluding hydrogens is 387 g/mol. The van der Waals surface area contributed by atoms with Crippen LogP contribution in [0.1, 0.15) is 5.56 Å². The van der Waals surface area contributed by atoms with Crippen molar-refractivity contribution in [2.24, 2.45) is 0 Å². The Bertz CT molecular complexity index is 921. The molecule has 0 unspecified atom stereocenters. The van der Waals surface area contributed by atoms with Crippen molar-refractivity contribution in [2.45, 2.75) is 11.4 Å². The van der Waals surface area contributed by atoms with Crippen LogP contribution in [0.3, 0.4) is 0 Å². The van der Waals surface area contributed by atoms with E-state index in [4.69, 9.17) is 27.9 Å². The molecule has 0 bridgehead atoms. The molecule has 1 heterocycles. The van der Waals surface area contributed by atoms with E-state index in [2.05, 4.69) is 21.8 Å². The molecule has 0 fully saturated rings. The highest BCUT2D eigenvalue weighted by molar-refractivity contribution is 7.97. The Labute approximate surface area is 167 Å². The van der Waals surface area contributed by atoms with Crippen LogP contribution in [0.15, 0.2) is 71.6 Å². The molecule has 0 aliphatic carbocycles. The van der Waals surface area contributed by atoms with Gasteiger partial charge in [-0.1, -0.05) is 53.5 Å². The molecule has 1 N–H and O–H groups in total. The van der Waals surface area contributed by atoms with Gasteiger partial charge in [-0.15, -0.1) is 0 Å². The number of benzene rings is 3. The van der Waals surface area contributed by atoms with Crippen LogP contribution >= 0.6 is 35.1 Å². The normalized spacial score (nSPS) is 13.8. The number of para-hydroxylation sites is 1. The van der Waals surface area contributed by atoms with Crippen LogP contribution in [0.4, 0.5) is 5.69 Å². The first-order valence-corrected chi connectivity index (χ1v) is 9.68. The lowest BCUT2D eigenvalue weighted by atomic mass is 10.2. The quantitative estimate of drug-likeness (QED) is 0.491. The SMILES string of the molecule is Clc1cc(Cl)c2c(c1)NCN(Cc1cccc(Oc3ccccc3)c1)S2. The Morgan fingerprint density at radius 2 is 1.77 bits per heavy atom. The molecule has 0 saturated heterocycles. The number of nitrogens with zero attached hydrogens (tertiary/aromatic N) is 1. The molecule has 26 heavy (non-hydrogen) atoms. The van der Waals surface area contributed by atoms with Gasteiger partial charge in [0.15, 0.2) is 0 Å². The van der Waals surface area contributed by atoms with Crippen molar-refractivity contribution in [1.82, 2.24) is 4.31 Å². The lowest BCUT2D eigenvalue weighted by Crippen LogP contribution is -2.26. The first kappa shape index (κ1) is 17.6. The third kappa shape index (κ3) is 4.10. The fourth-order valence-electron chi connectivity index (χ4n) is 2.74. The molecule has 0 aromatic heterocycles. The lowest BCUT2D eigenvalue weighted by Gasteiger charge is -2.29. The second-order valence-electron chi connectivity index (χ2n) is 5.89. The number of hydrogen-bond acceptors (Lipinski definition) is 4. The van der Waals surface area contributed by atoms with E-state index in [-0.39, 0.29) is 0 Å². The molecule has 132 valence electrons. The summed E-state index contributed by atoms with van der Waals surface area (Å²) in [4.78, 5) is 0.999. The summed E-state index contributed by atoms with van der Waals surface area (Å²) < 4.78 is 8.13. The summed E-state index contributed by atoms with van der Waals surface area (Å²) in [5, 5.41) is 4.68. The van der Waals surface area contributed by atoms with Crippen molar-refractivity contribution in [2.75, 3.05) is 12.0 Å². The number of nitrogens with one attached hydrogen (secondary N) is 1. The fourth-order valence-corrected chi connectivity index (χ4v) is 4.32. The number of ether oxygens (including phenoxy) is 1. The zero-order valence-corrected chi connectivity index (χ0v) is 16.1. The van der Waals surface area contributed by atoms with Gasteiger partial charge in [-0.2, -0.15) is 0 Å². The van der Waals surface area contributed by atoms with Gasteiger partial charge in [0.2, 0.25) is 0 Å². The zero-order chi connectivity index (χ0) is 17.9. The minimum absolute atomic E-state index is 0.640. The largest absolute Gasteiger partial charge is 0.457 e. The maximum atomic E-state index is 6.34. The molecule has 3 aromatic rings. The molecule has 1 aliphatic heterocycles. The monoisotopic (exact) mass is 402 g/mol. The van der Waals surface area contributed by atoms with E-state index < -0.39 is 0 Å². The van der Waals surface area contributed by atoms with Gasteiger partial charge in [-0.05, 0) is 53.9 Å². The number of halogens is 2. The van der Waals surface area contributed by atoms with E-state index in [1.54, 1.807) is 18.0 Å². The highest BCUT2D eigenvalue weighted by Crippen LogP contribution is 2.42. The van der Waals surface area contributed by atoms with Crippen LogP contribution < -0.4 is 10.1 Å². The van der Waals surface area contributed by atoms with E-state index in [1.165, 1.54) is 5.56 Å². The van der Waals surface area contributed by atoms with E-state index in [0.29, 0.717) is 16.7 Å². The average molecular weight is 403 g/mol. The van der Waals surface area contributed by atoms with E-state index in [1.807, 2.05) is 48.5 Å². The van der Waals surface area contributed by atoms with Gasteiger partial charge in [0.25, 0.3) is 0 Å². The molecule has 0 atom stereocenters. The van der Waals surface area contributed by atoms with Crippen molar-refractivity contribution >= 4 is 40.8 Å². The summed E-state index contributed by atoms with van der Waals surface area (Å²) in [6.07, 6.45) is 0. The second-order valence-corrected chi connectivity index (χ2v) is 7.84. The van der Waals surface area contributed by atoms with Crippen molar-refractivity contribution < 1.29 is 4.74 Å². The van der Waals surface area contributed by atoms with Crippen LogP contribution in [-0.4, -0.2) is 11.0 Å². The number of hydrogen-bond donors (Lipinski definition) is 1. The average Bonchev–Trinajstić information content (AvgIpc) is 2.63. The van der Waals surface area contributed by atoms with Gasteiger partial charge < -0.3 is 10.1 Å². The van der Waals surface area contributed by atoms with E-state index >= 15 is 0 Å². The standard InChI is InChI=1S/C20H16Cl2N2OS/c21-15-10-18(22)20-19(11-15)23-13-24(26-20)12-14-5-4-8-17(9-14)25-16-6-2-1-3-7-16/h1-11,23H,12-13H2. The first-order chi connectivity index (χ1) is 12.7. The summed E-state index contributed by atoms with van der Waals surface area (Å²) in [6.45, 7) is 1.47. The number of rotatable bonds is 4. The molecule has 0 spiro atoms. The third-order valence-corrected chi connectivity index (χ3v) is 5.68. The third-order valence-electron chi connectivity index (χ3n) is 3.91. The lowest BCUT2D eigenvalue weighted by molar-refractivity contribution is 0.473. The van der Waals surface area contributed by atoms with Crippen LogP contribution in [0, 0.1) is 0 Å². The molecule has 6 heteroatoms. The van der Waals surface area contributed by atoms with Gasteiger partial charge in [-0.3, -0.25) is 0 Å². The number of anilines is 1. The van der Waals surface area contributed by atoms with Gasteiger partial charge in [0, 0.05) is 11.6 Å². The summed E-state index contributed by atoms with van der Waals surface area (Å²) >= 11 is 14.0.